The zero-order valence-electron chi connectivity index (χ0n) is 13.3. The Bertz CT molecular complexity index is 642. The molecule has 0 aliphatic heterocycles. The maximum Gasteiger partial charge on any atom is 0.204 e. The first kappa shape index (κ1) is 16.3. The van der Waals surface area contributed by atoms with Crippen LogP contribution in [0, 0.1) is 5.82 Å². The molecule has 0 radical (unpaired) electrons. The zero-order chi connectivity index (χ0) is 16.4. The summed E-state index contributed by atoms with van der Waals surface area (Å²) in [7, 11) is 3.89. The molecule has 1 aliphatic carbocycles. The van der Waals surface area contributed by atoms with Crippen molar-refractivity contribution in [2.45, 2.75) is 31.5 Å². The smallest absolute Gasteiger partial charge is 0.204 e. The van der Waals surface area contributed by atoms with Gasteiger partial charge in [-0.05, 0) is 30.5 Å². The molecule has 1 heterocycles. The molecule has 7 heteroatoms. The minimum atomic E-state index is -0.636. The van der Waals surface area contributed by atoms with Gasteiger partial charge in [-0.25, -0.2) is 9.37 Å². The van der Waals surface area contributed by atoms with Crippen LogP contribution in [0.15, 0.2) is 24.3 Å². The van der Waals surface area contributed by atoms with Crippen molar-refractivity contribution in [3.63, 3.8) is 0 Å². The Morgan fingerprint density at radius 2 is 2.00 bits per heavy atom. The van der Waals surface area contributed by atoms with Gasteiger partial charge in [0.05, 0.1) is 12.6 Å². The van der Waals surface area contributed by atoms with E-state index in [0.717, 1.165) is 29.4 Å². The first-order chi connectivity index (χ1) is 11.0. The zero-order valence-corrected chi connectivity index (χ0v) is 14.1. The van der Waals surface area contributed by atoms with E-state index < -0.39 is 6.10 Å². The molecule has 0 bridgehead atoms. The number of halogens is 1. The summed E-state index contributed by atoms with van der Waals surface area (Å²) in [5.74, 6) is 0.500. The fourth-order valence-electron chi connectivity index (χ4n) is 2.47. The summed E-state index contributed by atoms with van der Waals surface area (Å²) in [6, 6.07) is 6.51. The monoisotopic (exact) mass is 336 g/mol. The van der Waals surface area contributed by atoms with Crippen molar-refractivity contribution in [3.8, 4) is 0 Å². The molecule has 1 aromatic heterocycles. The summed E-state index contributed by atoms with van der Waals surface area (Å²) < 4.78 is 17.4. The second-order valence-electron chi connectivity index (χ2n) is 6.12. The average Bonchev–Trinajstić information content (AvgIpc) is 3.26. The van der Waals surface area contributed by atoms with E-state index in [4.69, 9.17) is 0 Å². The molecular weight excluding hydrogens is 315 g/mol. The van der Waals surface area contributed by atoms with Gasteiger partial charge in [-0.3, -0.25) is 4.90 Å². The molecule has 0 saturated heterocycles. The highest BCUT2D eigenvalue weighted by Gasteiger charge is 2.31. The summed E-state index contributed by atoms with van der Waals surface area (Å²) >= 11 is 1.38. The van der Waals surface area contributed by atoms with Gasteiger partial charge < -0.3 is 10.0 Å². The Kier molecular flexibility index (Phi) is 4.89. The van der Waals surface area contributed by atoms with E-state index in [-0.39, 0.29) is 5.82 Å². The Morgan fingerprint density at radius 1 is 1.30 bits per heavy atom. The van der Waals surface area contributed by atoms with Gasteiger partial charge in [-0.15, -0.1) is 0 Å². The largest absolute Gasteiger partial charge is 0.387 e. The van der Waals surface area contributed by atoms with Gasteiger partial charge in [0.15, 0.2) is 5.82 Å². The molecule has 1 fully saturated rings. The van der Waals surface area contributed by atoms with Gasteiger partial charge in [0.2, 0.25) is 5.13 Å². The molecule has 3 rings (SSSR count). The first-order valence-electron chi connectivity index (χ1n) is 7.70. The molecular formula is C16H21FN4OS. The molecule has 5 nitrogen and oxygen atoms in total. The summed E-state index contributed by atoms with van der Waals surface area (Å²) in [5.41, 5.74) is 0.734. The Hall–Kier alpha value is -1.57. The number of aromatic nitrogens is 2. The van der Waals surface area contributed by atoms with E-state index >= 15 is 0 Å². The van der Waals surface area contributed by atoms with Gasteiger partial charge in [-0.2, -0.15) is 4.37 Å². The quantitative estimate of drug-likeness (QED) is 0.842. The highest BCUT2D eigenvalue weighted by Crippen LogP contribution is 2.30. The van der Waals surface area contributed by atoms with Crippen molar-refractivity contribution < 1.29 is 9.50 Å². The first-order valence-corrected chi connectivity index (χ1v) is 8.48. The molecule has 124 valence electrons. The summed E-state index contributed by atoms with van der Waals surface area (Å²) in [4.78, 5) is 8.67. The van der Waals surface area contributed by atoms with Crippen LogP contribution in [0.2, 0.25) is 0 Å². The maximum absolute atomic E-state index is 13.0. The van der Waals surface area contributed by atoms with Crippen molar-refractivity contribution in [1.29, 1.82) is 0 Å². The molecule has 23 heavy (non-hydrogen) atoms. The van der Waals surface area contributed by atoms with Crippen LogP contribution in [0.5, 0.6) is 0 Å². The fraction of sp³-hybridized carbons (Fsp3) is 0.500. The minimum Gasteiger partial charge on any atom is -0.387 e. The van der Waals surface area contributed by atoms with Crippen molar-refractivity contribution >= 4 is 16.7 Å². The normalized spacial score (nSPS) is 15.9. The molecule has 1 atom stereocenters. The number of anilines is 1. The van der Waals surface area contributed by atoms with Crippen LogP contribution >= 0.6 is 11.5 Å². The van der Waals surface area contributed by atoms with Crippen LogP contribution in [0.4, 0.5) is 9.52 Å². The third-order valence-electron chi connectivity index (χ3n) is 3.91. The topological polar surface area (TPSA) is 52.5 Å². The summed E-state index contributed by atoms with van der Waals surface area (Å²) in [6.07, 6.45) is 1.64. The van der Waals surface area contributed by atoms with E-state index in [1.54, 1.807) is 12.1 Å². The molecule has 1 aromatic carbocycles. The Labute approximate surface area is 139 Å². The molecule has 0 spiro atoms. The van der Waals surface area contributed by atoms with Crippen molar-refractivity contribution in [2.75, 3.05) is 25.5 Å². The summed E-state index contributed by atoms with van der Waals surface area (Å²) in [6.45, 7) is 1.14. The number of hydrogen-bond donors (Lipinski definition) is 1. The Morgan fingerprint density at radius 3 is 2.57 bits per heavy atom. The predicted octanol–water partition coefficient (Wildman–Crippen LogP) is 2.44. The molecule has 0 unspecified atom stereocenters. The van der Waals surface area contributed by atoms with Gasteiger partial charge in [0, 0.05) is 38.2 Å². The molecule has 1 aliphatic rings. The van der Waals surface area contributed by atoms with Crippen LogP contribution in [0.25, 0.3) is 0 Å². The number of nitrogens with zero attached hydrogens (tertiary/aromatic N) is 4. The molecule has 1 N–H and O–H groups in total. The van der Waals surface area contributed by atoms with Gasteiger partial charge in [-0.1, -0.05) is 12.1 Å². The minimum absolute atomic E-state index is 0.289. The lowest BCUT2D eigenvalue weighted by Gasteiger charge is -2.24. The predicted molar refractivity (Wildman–Crippen MR) is 89.0 cm³/mol. The second kappa shape index (κ2) is 6.90. The van der Waals surface area contributed by atoms with Gasteiger partial charge in [0.25, 0.3) is 0 Å². The standard InChI is InChI=1S/C16H21FN4OS/c1-20(2)16-18-15(19-23-16)10-21(13-7-8-13)9-14(22)11-3-5-12(17)6-4-11/h3-6,13-14,22H,7-10H2,1-2H3/t14-/m0/s1. The van der Waals surface area contributed by atoms with E-state index in [0.29, 0.717) is 19.1 Å². The van der Waals surface area contributed by atoms with Crippen LogP contribution < -0.4 is 4.90 Å². The average molecular weight is 336 g/mol. The van der Waals surface area contributed by atoms with Gasteiger partial charge in [0.1, 0.15) is 5.82 Å². The number of aliphatic hydroxyl groups is 1. The lowest BCUT2D eigenvalue weighted by Crippen LogP contribution is -2.30. The highest BCUT2D eigenvalue weighted by atomic mass is 32.1. The second-order valence-corrected chi connectivity index (χ2v) is 6.85. The van der Waals surface area contributed by atoms with Crippen LogP contribution in [0.1, 0.15) is 30.3 Å². The van der Waals surface area contributed by atoms with Crippen molar-refractivity contribution in [2.24, 2.45) is 0 Å². The fourth-order valence-corrected chi connectivity index (χ4v) is 3.06. The molecule has 1 saturated carbocycles. The lowest BCUT2D eigenvalue weighted by atomic mass is 10.1. The van der Waals surface area contributed by atoms with E-state index in [1.165, 1.54) is 23.7 Å². The van der Waals surface area contributed by atoms with Crippen molar-refractivity contribution in [1.82, 2.24) is 14.3 Å². The highest BCUT2D eigenvalue weighted by molar-refractivity contribution is 7.09. The maximum atomic E-state index is 13.0. The van der Waals surface area contributed by atoms with E-state index in [9.17, 15) is 9.50 Å². The third-order valence-corrected chi connectivity index (χ3v) is 4.83. The van der Waals surface area contributed by atoms with Crippen LogP contribution in [0.3, 0.4) is 0 Å². The molecule has 0 amide bonds. The van der Waals surface area contributed by atoms with Crippen molar-refractivity contribution in [3.05, 3.63) is 41.5 Å². The number of aliphatic hydroxyl groups excluding tert-OH is 1. The van der Waals surface area contributed by atoms with Crippen LogP contribution in [-0.2, 0) is 6.54 Å². The number of benzene rings is 1. The number of hydrogen-bond acceptors (Lipinski definition) is 6. The van der Waals surface area contributed by atoms with E-state index in [2.05, 4.69) is 14.3 Å². The SMILES string of the molecule is CN(C)c1nc(CN(C[C@H](O)c2ccc(F)cc2)C2CC2)ns1. The Balaban J connectivity index is 1.65. The summed E-state index contributed by atoms with van der Waals surface area (Å²) in [5, 5.41) is 11.3. The number of rotatable bonds is 7. The third kappa shape index (κ3) is 4.25. The van der Waals surface area contributed by atoms with E-state index in [1.807, 2.05) is 19.0 Å². The lowest BCUT2D eigenvalue weighted by molar-refractivity contribution is 0.103. The van der Waals surface area contributed by atoms with Gasteiger partial charge >= 0.3 is 0 Å². The molecule has 2 aromatic rings. The van der Waals surface area contributed by atoms with Crippen LogP contribution in [-0.4, -0.2) is 46.0 Å².